The third-order valence-corrected chi connectivity index (χ3v) is 5.70. The molecule has 2 N–H and O–H groups in total. The van der Waals surface area contributed by atoms with Crippen LogP contribution in [-0.4, -0.2) is 35.7 Å². The minimum absolute atomic E-state index is 0.0486. The number of carbonyl (C=O) groups is 2. The number of piperidine rings is 1. The van der Waals surface area contributed by atoms with Crippen LogP contribution in [0.5, 0.6) is 0 Å². The van der Waals surface area contributed by atoms with Gasteiger partial charge in [-0.05, 0) is 36.8 Å². The van der Waals surface area contributed by atoms with Crippen LogP contribution in [0.4, 0.5) is 13.2 Å². The molecule has 4 nitrogen and oxygen atoms in total. The second kappa shape index (κ2) is 9.89. The van der Waals surface area contributed by atoms with E-state index >= 15 is 0 Å². The highest BCUT2D eigenvalue weighted by molar-refractivity contribution is 5.97. The zero-order valence-electron chi connectivity index (χ0n) is 16.6. The third-order valence-electron chi connectivity index (χ3n) is 5.70. The number of hydrogen-bond donors (Lipinski definition) is 1. The van der Waals surface area contributed by atoms with Crippen molar-refractivity contribution in [3.05, 3.63) is 71.0 Å². The zero-order chi connectivity index (χ0) is 21.7. The Morgan fingerprint density at radius 1 is 0.967 bits per heavy atom. The standard InChI is InChI=1S/C23H25F3N2O2/c24-18-14-20(26)19(25)12-17(18)13-21(27)15-8-10-28(11-9-15)23(30)7-6-22(29)16-4-2-1-3-5-16/h1-5,12,14-15,21H,6-11,13,27H2/t21-/m1/s1. The number of Topliss-reactive ketones (excluding diaryl/α,β-unsaturated/α-hetero) is 1. The monoisotopic (exact) mass is 418 g/mol. The van der Waals surface area contributed by atoms with Crippen molar-refractivity contribution in [1.29, 1.82) is 0 Å². The second-order valence-corrected chi connectivity index (χ2v) is 7.73. The molecule has 160 valence electrons. The van der Waals surface area contributed by atoms with Crippen LogP contribution in [0, 0.1) is 23.4 Å². The summed E-state index contributed by atoms with van der Waals surface area (Å²) in [5, 5.41) is 0. The van der Waals surface area contributed by atoms with E-state index in [1.54, 1.807) is 29.2 Å². The van der Waals surface area contributed by atoms with E-state index in [4.69, 9.17) is 5.73 Å². The van der Waals surface area contributed by atoms with Gasteiger partial charge in [-0.3, -0.25) is 9.59 Å². The number of likely N-dealkylation sites (tertiary alicyclic amines) is 1. The fourth-order valence-corrected chi connectivity index (χ4v) is 3.86. The van der Waals surface area contributed by atoms with Gasteiger partial charge in [0.2, 0.25) is 5.91 Å². The van der Waals surface area contributed by atoms with E-state index < -0.39 is 23.5 Å². The van der Waals surface area contributed by atoms with E-state index in [0.717, 1.165) is 6.07 Å². The summed E-state index contributed by atoms with van der Waals surface area (Å²) in [5.74, 6) is -3.20. The smallest absolute Gasteiger partial charge is 0.223 e. The molecule has 0 bridgehead atoms. The summed E-state index contributed by atoms with van der Waals surface area (Å²) in [6.07, 6.45) is 1.71. The fourth-order valence-electron chi connectivity index (χ4n) is 3.86. The quantitative estimate of drug-likeness (QED) is 0.548. The van der Waals surface area contributed by atoms with Gasteiger partial charge in [-0.1, -0.05) is 30.3 Å². The van der Waals surface area contributed by atoms with E-state index in [1.165, 1.54) is 0 Å². The minimum Gasteiger partial charge on any atom is -0.343 e. The van der Waals surface area contributed by atoms with Gasteiger partial charge < -0.3 is 10.6 Å². The average Bonchev–Trinajstić information content (AvgIpc) is 2.76. The first-order valence-corrected chi connectivity index (χ1v) is 10.1. The van der Waals surface area contributed by atoms with Gasteiger partial charge in [0.15, 0.2) is 17.4 Å². The number of halogens is 3. The molecule has 1 aliphatic heterocycles. The van der Waals surface area contributed by atoms with Crippen LogP contribution in [0.1, 0.15) is 41.6 Å². The zero-order valence-corrected chi connectivity index (χ0v) is 16.6. The van der Waals surface area contributed by atoms with Crippen LogP contribution in [0.2, 0.25) is 0 Å². The van der Waals surface area contributed by atoms with Gasteiger partial charge in [0.25, 0.3) is 0 Å². The van der Waals surface area contributed by atoms with E-state index in [1.807, 2.05) is 6.07 Å². The molecule has 0 aromatic heterocycles. The lowest BCUT2D eigenvalue weighted by Gasteiger charge is -2.35. The number of nitrogens with zero attached hydrogens (tertiary/aromatic N) is 1. The molecule has 1 fully saturated rings. The van der Waals surface area contributed by atoms with Gasteiger partial charge in [-0.2, -0.15) is 0 Å². The molecule has 1 amide bonds. The molecule has 1 saturated heterocycles. The lowest BCUT2D eigenvalue weighted by atomic mass is 9.86. The molecule has 2 aromatic rings. The van der Waals surface area contributed by atoms with Crippen molar-refractivity contribution in [2.45, 2.75) is 38.1 Å². The Kier molecular flexibility index (Phi) is 7.26. The van der Waals surface area contributed by atoms with Crippen LogP contribution in [-0.2, 0) is 11.2 Å². The van der Waals surface area contributed by atoms with Crippen LogP contribution in [0.15, 0.2) is 42.5 Å². The Bertz CT molecular complexity index is 897. The lowest BCUT2D eigenvalue weighted by molar-refractivity contribution is -0.132. The van der Waals surface area contributed by atoms with Gasteiger partial charge in [0.1, 0.15) is 5.82 Å². The van der Waals surface area contributed by atoms with Crippen LogP contribution < -0.4 is 5.73 Å². The largest absolute Gasteiger partial charge is 0.343 e. The van der Waals surface area contributed by atoms with E-state index in [-0.39, 0.29) is 42.4 Å². The van der Waals surface area contributed by atoms with Crippen molar-refractivity contribution in [2.75, 3.05) is 13.1 Å². The van der Waals surface area contributed by atoms with Crippen molar-refractivity contribution >= 4 is 11.7 Å². The highest BCUT2D eigenvalue weighted by atomic mass is 19.2. The molecule has 0 aliphatic carbocycles. The number of nitrogens with two attached hydrogens (primary N) is 1. The first-order valence-electron chi connectivity index (χ1n) is 10.1. The molecule has 0 spiro atoms. The Morgan fingerprint density at radius 2 is 1.60 bits per heavy atom. The molecule has 2 aromatic carbocycles. The minimum atomic E-state index is -1.22. The van der Waals surface area contributed by atoms with Gasteiger partial charge in [-0.25, -0.2) is 13.2 Å². The molecule has 0 unspecified atom stereocenters. The number of hydrogen-bond acceptors (Lipinski definition) is 3. The summed E-state index contributed by atoms with van der Waals surface area (Å²) in [6, 6.07) is 9.84. The predicted molar refractivity (Wildman–Crippen MR) is 107 cm³/mol. The van der Waals surface area contributed by atoms with E-state index in [2.05, 4.69) is 0 Å². The molecule has 0 saturated carbocycles. The summed E-state index contributed by atoms with van der Waals surface area (Å²) in [6.45, 7) is 1.02. The maximum Gasteiger partial charge on any atom is 0.223 e. The normalized spacial score (nSPS) is 15.8. The van der Waals surface area contributed by atoms with Crippen molar-refractivity contribution < 1.29 is 22.8 Å². The molecule has 7 heteroatoms. The summed E-state index contributed by atoms with van der Waals surface area (Å²) in [4.78, 5) is 26.3. The van der Waals surface area contributed by atoms with Crippen molar-refractivity contribution in [3.63, 3.8) is 0 Å². The van der Waals surface area contributed by atoms with Crippen LogP contribution >= 0.6 is 0 Å². The summed E-state index contributed by atoms with van der Waals surface area (Å²) < 4.78 is 40.3. The molecule has 30 heavy (non-hydrogen) atoms. The SMILES string of the molecule is N[C@H](Cc1cc(F)c(F)cc1F)C1CCN(C(=O)CCC(=O)c2ccccc2)CC1. The molecule has 1 atom stereocenters. The number of benzene rings is 2. The van der Waals surface area contributed by atoms with Crippen LogP contribution in [0.25, 0.3) is 0 Å². The van der Waals surface area contributed by atoms with E-state index in [0.29, 0.717) is 37.6 Å². The highest BCUT2D eigenvalue weighted by Gasteiger charge is 2.27. The van der Waals surface area contributed by atoms with Gasteiger partial charge >= 0.3 is 0 Å². The first-order chi connectivity index (χ1) is 14.3. The van der Waals surface area contributed by atoms with Crippen molar-refractivity contribution in [2.24, 2.45) is 11.7 Å². The Morgan fingerprint density at radius 3 is 2.27 bits per heavy atom. The van der Waals surface area contributed by atoms with Crippen molar-refractivity contribution in [3.8, 4) is 0 Å². The van der Waals surface area contributed by atoms with Gasteiger partial charge in [0.05, 0.1) is 0 Å². The molecule has 0 radical (unpaired) electrons. The number of carbonyl (C=O) groups excluding carboxylic acids is 2. The maximum absolute atomic E-state index is 13.9. The van der Waals surface area contributed by atoms with Gasteiger partial charge in [0, 0.05) is 43.6 Å². The maximum atomic E-state index is 13.9. The second-order valence-electron chi connectivity index (χ2n) is 7.73. The average molecular weight is 418 g/mol. The highest BCUT2D eigenvalue weighted by Crippen LogP contribution is 2.24. The summed E-state index contributed by atoms with van der Waals surface area (Å²) >= 11 is 0. The molecule has 1 heterocycles. The molecule has 1 aliphatic rings. The van der Waals surface area contributed by atoms with E-state index in [9.17, 15) is 22.8 Å². The summed E-state index contributed by atoms with van der Waals surface area (Å²) in [5.41, 5.74) is 6.84. The predicted octanol–water partition coefficient (Wildman–Crippen LogP) is 3.88. The van der Waals surface area contributed by atoms with Gasteiger partial charge in [-0.15, -0.1) is 0 Å². The fraction of sp³-hybridized carbons (Fsp3) is 0.391. The third kappa shape index (κ3) is 5.48. The number of amides is 1. The Balaban J connectivity index is 1.46. The Labute approximate surface area is 173 Å². The van der Waals surface area contributed by atoms with Crippen LogP contribution in [0.3, 0.4) is 0 Å². The topological polar surface area (TPSA) is 63.4 Å². The molecular weight excluding hydrogens is 393 g/mol. The Hall–Kier alpha value is -2.67. The first kappa shape index (κ1) is 22.0. The summed E-state index contributed by atoms with van der Waals surface area (Å²) in [7, 11) is 0. The molecular formula is C23H25F3N2O2. The van der Waals surface area contributed by atoms with Crippen molar-refractivity contribution in [1.82, 2.24) is 4.90 Å². The number of rotatable bonds is 7. The molecule has 3 rings (SSSR count). The number of ketones is 1. The lowest BCUT2D eigenvalue weighted by Crippen LogP contribution is -2.44.